The Balaban J connectivity index is 2.08. The van der Waals surface area contributed by atoms with E-state index in [1.165, 1.54) is 0 Å². The summed E-state index contributed by atoms with van der Waals surface area (Å²) < 4.78 is 0. The lowest BCUT2D eigenvalue weighted by atomic mass is 9.80. The molecule has 14 heteroatoms. The average molecular weight is 502 g/mol. The number of hydrogen-bond acceptors (Lipinski definition) is 14. The number of benzene rings is 2. The molecule has 0 aliphatic heterocycles. The number of allylic oxidation sites excluding steroid dienone is 2. The molecule has 2 aromatic carbocycles. The fraction of sp³-hybridized carbons (Fsp3) is 0.0909. The van der Waals surface area contributed by atoms with Crippen molar-refractivity contribution in [2.45, 2.75) is 12.8 Å². The summed E-state index contributed by atoms with van der Waals surface area (Å²) in [6.45, 7) is 1.01. The third kappa shape index (κ3) is 2.65. The first-order valence-corrected chi connectivity index (χ1v) is 9.71. The molecule has 0 amide bonds. The summed E-state index contributed by atoms with van der Waals surface area (Å²) in [7, 11) is 0. The molecule has 0 bridgehead atoms. The Morgan fingerprint density at radius 3 is 1.00 bits per heavy atom. The highest BCUT2D eigenvalue weighted by Gasteiger charge is 2.44. The zero-order chi connectivity index (χ0) is 27.1. The van der Waals surface area contributed by atoms with E-state index in [0.29, 0.717) is 0 Å². The highest BCUT2D eigenvalue weighted by atomic mass is 16.3. The summed E-state index contributed by atoms with van der Waals surface area (Å²) >= 11 is 0. The Hall–Kier alpha value is -5.40. The van der Waals surface area contributed by atoms with Crippen molar-refractivity contribution in [3.63, 3.8) is 0 Å². The summed E-state index contributed by atoms with van der Waals surface area (Å²) in [6.07, 6.45) is 0. The van der Waals surface area contributed by atoms with Gasteiger partial charge in [-0.3, -0.25) is 19.2 Å². The van der Waals surface area contributed by atoms with Gasteiger partial charge in [0, 0.05) is 17.0 Å². The number of aliphatic hydroxyl groups excluding tert-OH is 4. The number of rotatable bonds is 2. The van der Waals surface area contributed by atoms with Crippen molar-refractivity contribution < 1.29 is 70.2 Å². The Labute approximate surface area is 197 Å². The van der Waals surface area contributed by atoms with Gasteiger partial charge in [0.25, 0.3) is 11.6 Å². The van der Waals surface area contributed by atoms with Crippen molar-refractivity contribution in [1.29, 1.82) is 0 Å². The average Bonchev–Trinajstić information content (AvgIpc) is 2.83. The monoisotopic (exact) mass is 502 g/mol. The van der Waals surface area contributed by atoms with Crippen LogP contribution in [-0.4, -0.2) is 74.2 Å². The minimum atomic E-state index is -1.76. The molecule has 0 radical (unpaired) electrons. The van der Waals surface area contributed by atoms with Crippen molar-refractivity contribution in [2.24, 2.45) is 0 Å². The number of carbonyl (C=O) groups excluding carboxylic acids is 4. The highest BCUT2D eigenvalue weighted by Crippen LogP contribution is 2.56. The molecule has 2 aliphatic carbocycles. The van der Waals surface area contributed by atoms with E-state index in [2.05, 4.69) is 0 Å². The quantitative estimate of drug-likeness (QED) is 0.157. The van der Waals surface area contributed by atoms with Crippen molar-refractivity contribution in [3.05, 3.63) is 44.9 Å². The first kappa shape index (κ1) is 23.7. The highest BCUT2D eigenvalue weighted by molar-refractivity contribution is 6.53. The first-order valence-electron chi connectivity index (χ1n) is 9.71. The number of aliphatic hydroxyl groups is 4. The predicted octanol–water partition coefficient (Wildman–Crippen LogP) is 1.17. The van der Waals surface area contributed by atoms with Crippen LogP contribution in [0, 0.1) is 0 Å². The van der Waals surface area contributed by atoms with Gasteiger partial charge in [-0.05, 0) is 0 Å². The lowest BCUT2D eigenvalue weighted by molar-refractivity contribution is -0.114. The largest absolute Gasteiger partial charge is 0.507 e. The van der Waals surface area contributed by atoms with E-state index in [1.807, 2.05) is 0 Å². The molecular weight excluding hydrogens is 488 g/mol. The fourth-order valence-corrected chi connectivity index (χ4v) is 4.22. The number of carbonyl (C=O) groups is 4. The minimum absolute atomic E-state index is 0.872. The van der Waals surface area contributed by atoms with E-state index in [1.54, 1.807) is 0 Å². The number of Topliss-reactive ketones (excluding diaryl/α,β-unsaturated/α-hetero) is 4. The van der Waals surface area contributed by atoms with Crippen molar-refractivity contribution in [2.75, 3.05) is 0 Å². The molecule has 0 saturated heterocycles. The van der Waals surface area contributed by atoms with Gasteiger partial charge in [0.05, 0.1) is 22.3 Å². The van der Waals surface area contributed by atoms with Crippen molar-refractivity contribution >= 4 is 34.7 Å². The molecule has 0 atom stereocenters. The van der Waals surface area contributed by atoms with Gasteiger partial charge in [0.2, 0.25) is 23.1 Å². The summed E-state index contributed by atoms with van der Waals surface area (Å²) in [6, 6.07) is 0. The molecule has 0 saturated carbocycles. The van der Waals surface area contributed by atoms with Gasteiger partial charge < -0.3 is 51.1 Å². The molecule has 10 N–H and O–H groups in total. The smallest absolute Gasteiger partial charge is 0.271 e. The molecule has 0 heterocycles. The molecule has 0 fully saturated rings. The van der Waals surface area contributed by atoms with Gasteiger partial charge in [-0.25, -0.2) is 0 Å². The van der Waals surface area contributed by atoms with E-state index in [0.717, 1.165) is 6.92 Å². The van der Waals surface area contributed by atoms with Crippen LogP contribution in [0.5, 0.6) is 34.5 Å². The van der Waals surface area contributed by atoms with Crippen LogP contribution in [0.3, 0.4) is 0 Å². The van der Waals surface area contributed by atoms with Crippen LogP contribution in [0.2, 0.25) is 0 Å². The summed E-state index contributed by atoms with van der Waals surface area (Å²) in [5.41, 5.74) is -5.88. The molecule has 2 aliphatic rings. The van der Waals surface area contributed by atoms with Gasteiger partial charge >= 0.3 is 0 Å². The SMILES string of the molecule is CC(c1c(O)c(O)c2c(c1O)C(=O)C(=O)C(O)=C2O)c1c(O)c(O)c2c(c1O)C(=O)C(=O)C(O)=C2O. The third-order valence-corrected chi connectivity index (χ3v) is 6.00. The molecule has 2 aromatic rings. The van der Waals surface area contributed by atoms with Crippen LogP contribution in [-0.2, 0) is 9.59 Å². The topological polar surface area (TPSA) is 271 Å². The normalized spacial score (nSPS) is 15.6. The predicted molar refractivity (Wildman–Crippen MR) is 113 cm³/mol. The van der Waals surface area contributed by atoms with Crippen LogP contribution in [0.1, 0.15) is 55.8 Å². The Morgan fingerprint density at radius 1 is 0.389 bits per heavy atom. The molecule has 4 rings (SSSR count). The van der Waals surface area contributed by atoms with E-state index in [-0.39, 0.29) is 0 Å². The lowest BCUT2D eigenvalue weighted by Crippen LogP contribution is -2.25. The van der Waals surface area contributed by atoms with Crippen LogP contribution >= 0.6 is 0 Å². The second-order valence-electron chi connectivity index (χ2n) is 7.85. The molecule has 0 aromatic heterocycles. The first-order chi connectivity index (χ1) is 16.7. The summed E-state index contributed by atoms with van der Waals surface area (Å²) in [5, 5.41) is 103. The lowest BCUT2D eigenvalue weighted by Gasteiger charge is -2.26. The fourth-order valence-electron chi connectivity index (χ4n) is 4.22. The van der Waals surface area contributed by atoms with Crippen molar-refractivity contribution in [3.8, 4) is 34.5 Å². The zero-order valence-electron chi connectivity index (χ0n) is 17.7. The van der Waals surface area contributed by atoms with Gasteiger partial charge in [0.1, 0.15) is 11.5 Å². The number of phenols is 6. The second-order valence-corrected chi connectivity index (χ2v) is 7.85. The maximum atomic E-state index is 12.4. The van der Waals surface area contributed by atoms with E-state index in [9.17, 15) is 70.2 Å². The molecule has 186 valence electrons. The maximum absolute atomic E-state index is 12.4. The van der Waals surface area contributed by atoms with Crippen molar-refractivity contribution in [1.82, 2.24) is 0 Å². The Kier molecular flexibility index (Phi) is 4.81. The number of hydrogen-bond donors (Lipinski definition) is 10. The molecular formula is C22H14O14. The molecule has 14 nitrogen and oxygen atoms in total. The standard InChI is InChI=1S/C22H14O14/c1-2(3-9(23)5-7(13(27)11(3)25)17(31)21(35)19(33)15(5)29)4-10(24)6-8(14(28)12(4)26)18(32)22(36)20(34)16(6)30/h2,23-28,31-32,35-36H,1H3. The van der Waals surface area contributed by atoms with Gasteiger partial charge in [-0.2, -0.15) is 0 Å². The minimum Gasteiger partial charge on any atom is -0.507 e. The zero-order valence-corrected chi connectivity index (χ0v) is 17.7. The van der Waals surface area contributed by atoms with Gasteiger partial charge in [-0.15, -0.1) is 0 Å². The number of fused-ring (bicyclic) bond motifs is 2. The van der Waals surface area contributed by atoms with E-state index < -0.39 is 120 Å². The van der Waals surface area contributed by atoms with Crippen LogP contribution in [0.15, 0.2) is 11.5 Å². The summed E-state index contributed by atoms with van der Waals surface area (Å²) in [4.78, 5) is 48.7. The number of ketones is 4. The molecule has 36 heavy (non-hydrogen) atoms. The maximum Gasteiger partial charge on any atom is 0.271 e. The van der Waals surface area contributed by atoms with Crippen LogP contribution in [0.25, 0.3) is 11.5 Å². The van der Waals surface area contributed by atoms with Gasteiger partial charge in [-0.1, -0.05) is 6.92 Å². The molecule has 0 spiro atoms. The van der Waals surface area contributed by atoms with Gasteiger partial charge in [0.15, 0.2) is 34.5 Å². The van der Waals surface area contributed by atoms with Crippen LogP contribution < -0.4 is 0 Å². The second kappa shape index (κ2) is 7.30. The molecule has 0 unspecified atom stereocenters. The van der Waals surface area contributed by atoms with Crippen LogP contribution in [0.4, 0.5) is 0 Å². The van der Waals surface area contributed by atoms with E-state index >= 15 is 0 Å². The number of phenolic OH excluding ortho intramolecular Hbond substituents is 6. The Bertz CT molecular complexity index is 1440. The summed E-state index contributed by atoms with van der Waals surface area (Å²) in [5.74, 6) is -21.7. The van der Waals surface area contributed by atoms with E-state index in [4.69, 9.17) is 0 Å². The Morgan fingerprint density at radius 2 is 0.694 bits per heavy atom. The number of aromatic hydroxyl groups is 6. The third-order valence-electron chi connectivity index (χ3n) is 6.00.